The summed E-state index contributed by atoms with van der Waals surface area (Å²) in [5.41, 5.74) is 2.91. The van der Waals surface area contributed by atoms with Crippen molar-refractivity contribution in [1.29, 1.82) is 0 Å². The Morgan fingerprint density at radius 3 is 2.74 bits per heavy atom. The highest BCUT2D eigenvalue weighted by atomic mass is 35.5. The summed E-state index contributed by atoms with van der Waals surface area (Å²) in [6.45, 7) is 2.92. The van der Waals surface area contributed by atoms with Gasteiger partial charge in [-0.3, -0.25) is 11.3 Å². The number of ether oxygens (including phenoxy) is 1. The van der Waals surface area contributed by atoms with Crippen LogP contribution in [-0.4, -0.2) is 12.6 Å². The van der Waals surface area contributed by atoms with E-state index in [4.69, 9.17) is 22.2 Å². The summed E-state index contributed by atoms with van der Waals surface area (Å²) in [6, 6.07) is 7.70. The van der Waals surface area contributed by atoms with Crippen molar-refractivity contribution >= 4 is 11.6 Å². The zero-order valence-electron chi connectivity index (χ0n) is 11.4. The van der Waals surface area contributed by atoms with Crippen molar-refractivity contribution in [2.24, 2.45) is 17.7 Å². The minimum absolute atomic E-state index is 0.214. The van der Waals surface area contributed by atoms with E-state index in [9.17, 15) is 0 Å². The topological polar surface area (TPSA) is 47.3 Å². The third-order valence-electron chi connectivity index (χ3n) is 4.07. The summed E-state index contributed by atoms with van der Waals surface area (Å²) >= 11 is 5.94. The molecule has 0 heterocycles. The van der Waals surface area contributed by atoms with Gasteiger partial charge in [0.15, 0.2) is 0 Å². The lowest BCUT2D eigenvalue weighted by Gasteiger charge is -2.32. The average Bonchev–Trinajstić information content (AvgIpc) is 2.41. The zero-order chi connectivity index (χ0) is 13.7. The van der Waals surface area contributed by atoms with E-state index in [0.29, 0.717) is 17.5 Å². The van der Waals surface area contributed by atoms with E-state index in [1.165, 1.54) is 25.7 Å². The second-order valence-electron chi connectivity index (χ2n) is 5.56. The molecule has 0 saturated heterocycles. The highest BCUT2D eigenvalue weighted by molar-refractivity contribution is 6.30. The van der Waals surface area contributed by atoms with Crippen molar-refractivity contribution < 1.29 is 4.74 Å². The van der Waals surface area contributed by atoms with E-state index >= 15 is 0 Å². The van der Waals surface area contributed by atoms with Crippen LogP contribution in [0.2, 0.25) is 5.02 Å². The van der Waals surface area contributed by atoms with Crippen LogP contribution in [0.4, 0.5) is 0 Å². The lowest BCUT2D eigenvalue weighted by molar-refractivity contribution is 0.170. The Hall–Kier alpha value is -0.770. The van der Waals surface area contributed by atoms with Crippen LogP contribution >= 0.6 is 11.6 Å². The predicted molar refractivity (Wildman–Crippen MR) is 79.2 cm³/mol. The molecular weight excluding hydrogens is 260 g/mol. The van der Waals surface area contributed by atoms with Crippen molar-refractivity contribution in [1.82, 2.24) is 5.43 Å². The Balaban J connectivity index is 1.85. The number of nitrogens with two attached hydrogens (primary N) is 1. The van der Waals surface area contributed by atoms with Crippen LogP contribution in [0.15, 0.2) is 24.3 Å². The molecule has 2 rings (SSSR count). The van der Waals surface area contributed by atoms with E-state index < -0.39 is 0 Å². The Kier molecular flexibility index (Phi) is 5.49. The molecule has 0 spiro atoms. The molecule has 0 radical (unpaired) electrons. The van der Waals surface area contributed by atoms with E-state index in [2.05, 4.69) is 12.3 Å². The molecule has 0 aromatic heterocycles. The molecule has 1 unspecified atom stereocenters. The van der Waals surface area contributed by atoms with E-state index in [1.54, 1.807) is 0 Å². The number of hydrogen-bond donors (Lipinski definition) is 2. The normalized spacial score (nSPS) is 25.0. The van der Waals surface area contributed by atoms with Crippen molar-refractivity contribution in [2.45, 2.75) is 38.6 Å². The molecule has 1 atom stereocenters. The second-order valence-corrected chi connectivity index (χ2v) is 6.00. The number of nitrogens with one attached hydrogen (secondary N) is 1. The molecule has 0 amide bonds. The van der Waals surface area contributed by atoms with Crippen LogP contribution in [0.1, 0.15) is 32.6 Å². The van der Waals surface area contributed by atoms with Gasteiger partial charge in [0.1, 0.15) is 12.4 Å². The Labute approximate surface area is 120 Å². The molecule has 19 heavy (non-hydrogen) atoms. The summed E-state index contributed by atoms with van der Waals surface area (Å²) in [7, 11) is 0. The van der Waals surface area contributed by atoms with Crippen molar-refractivity contribution in [3.63, 3.8) is 0 Å². The molecule has 1 fully saturated rings. The smallest absolute Gasteiger partial charge is 0.120 e. The third kappa shape index (κ3) is 4.37. The Morgan fingerprint density at radius 2 is 2.11 bits per heavy atom. The minimum Gasteiger partial charge on any atom is -0.492 e. The number of halogens is 1. The zero-order valence-corrected chi connectivity index (χ0v) is 12.2. The Morgan fingerprint density at radius 1 is 1.37 bits per heavy atom. The Bertz CT molecular complexity index is 391. The lowest BCUT2D eigenvalue weighted by atomic mass is 9.79. The maximum absolute atomic E-state index is 5.94. The molecule has 1 aromatic rings. The SMILES string of the molecule is CC1CCC(C(COc2cccc(Cl)c2)NN)CC1. The number of hydrogen-bond acceptors (Lipinski definition) is 3. The van der Waals surface area contributed by atoms with Gasteiger partial charge in [-0.25, -0.2) is 0 Å². The summed E-state index contributed by atoms with van der Waals surface area (Å²) in [6.07, 6.45) is 5.05. The fourth-order valence-electron chi connectivity index (χ4n) is 2.75. The van der Waals surface area contributed by atoms with E-state index in [0.717, 1.165) is 11.7 Å². The molecular formula is C15H23ClN2O. The van der Waals surface area contributed by atoms with Crippen LogP contribution < -0.4 is 16.0 Å². The van der Waals surface area contributed by atoms with Gasteiger partial charge in [0.05, 0.1) is 6.04 Å². The monoisotopic (exact) mass is 282 g/mol. The molecule has 1 aliphatic rings. The van der Waals surface area contributed by atoms with Crippen LogP contribution in [0.3, 0.4) is 0 Å². The first kappa shape index (κ1) is 14.6. The van der Waals surface area contributed by atoms with E-state index in [-0.39, 0.29) is 6.04 Å². The first-order valence-corrected chi connectivity index (χ1v) is 7.41. The maximum atomic E-state index is 5.94. The van der Waals surface area contributed by atoms with Crippen molar-refractivity contribution in [2.75, 3.05) is 6.61 Å². The van der Waals surface area contributed by atoms with Crippen molar-refractivity contribution in [3.8, 4) is 5.75 Å². The maximum Gasteiger partial charge on any atom is 0.120 e. The third-order valence-corrected chi connectivity index (χ3v) is 4.30. The number of hydrazine groups is 1. The summed E-state index contributed by atoms with van der Waals surface area (Å²) in [5.74, 6) is 7.94. The quantitative estimate of drug-likeness (QED) is 0.643. The molecule has 4 heteroatoms. The van der Waals surface area contributed by atoms with E-state index in [1.807, 2.05) is 24.3 Å². The fourth-order valence-corrected chi connectivity index (χ4v) is 2.93. The van der Waals surface area contributed by atoms with Gasteiger partial charge in [-0.15, -0.1) is 0 Å². The number of rotatable bonds is 5. The van der Waals surface area contributed by atoms with Gasteiger partial charge in [-0.05, 0) is 42.9 Å². The molecule has 1 aliphatic carbocycles. The molecule has 1 saturated carbocycles. The molecule has 1 aromatic carbocycles. The van der Waals surface area contributed by atoms with Gasteiger partial charge in [-0.2, -0.15) is 0 Å². The highest BCUT2D eigenvalue weighted by Gasteiger charge is 2.25. The fraction of sp³-hybridized carbons (Fsp3) is 0.600. The summed E-state index contributed by atoms with van der Waals surface area (Å²) in [5, 5.41) is 0.696. The lowest BCUT2D eigenvalue weighted by Crippen LogP contribution is -2.46. The molecule has 0 bridgehead atoms. The van der Waals surface area contributed by atoms with Gasteiger partial charge in [0.25, 0.3) is 0 Å². The van der Waals surface area contributed by atoms with Crippen LogP contribution in [0.5, 0.6) is 5.75 Å². The van der Waals surface area contributed by atoms with Gasteiger partial charge < -0.3 is 4.74 Å². The van der Waals surface area contributed by atoms with Gasteiger partial charge in [0, 0.05) is 5.02 Å². The van der Waals surface area contributed by atoms with Crippen molar-refractivity contribution in [3.05, 3.63) is 29.3 Å². The highest BCUT2D eigenvalue weighted by Crippen LogP contribution is 2.30. The molecule has 0 aliphatic heterocycles. The summed E-state index contributed by atoms with van der Waals surface area (Å²) < 4.78 is 5.79. The largest absolute Gasteiger partial charge is 0.492 e. The first-order chi connectivity index (χ1) is 9.19. The van der Waals surface area contributed by atoms with Gasteiger partial charge in [-0.1, -0.05) is 37.4 Å². The van der Waals surface area contributed by atoms with Crippen LogP contribution in [0, 0.1) is 11.8 Å². The van der Waals surface area contributed by atoms with Gasteiger partial charge >= 0.3 is 0 Å². The van der Waals surface area contributed by atoms with Crippen LogP contribution in [-0.2, 0) is 0 Å². The molecule has 106 valence electrons. The second kappa shape index (κ2) is 7.13. The predicted octanol–water partition coefficient (Wildman–Crippen LogP) is 3.38. The number of benzene rings is 1. The molecule has 3 nitrogen and oxygen atoms in total. The average molecular weight is 283 g/mol. The minimum atomic E-state index is 0.214. The van der Waals surface area contributed by atoms with Gasteiger partial charge in [0.2, 0.25) is 0 Å². The standard InChI is InChI=1S/C15H23ClN2O/c1-11-5-7-12(8-6-11)15(18-17)10-19-14-4-2-3-13(16)9-14/h2-4,9,11-12,15,18H,5-8,10,17H2,1H3. The first-order valence-electron chi connectivity index (χ1n) is 7.03. The summed E-state index contributed by atoms with van der Waals surface area (Å²) in [4.78, 5) is 0. The molecule has 3 N–H and O–H groups in total. The van der Waals surface area contributed by atoms with Crippen LogP contribution in [0.25, 0.3) is 0 Å².